The first-order valence-corrected chi connectivity index (χ1v) is 8.76. The fraction of sp³-hybridized carbons (Fsp3) is 0.333. The molecule has 2 aromatic rings. The molecule has 0 spiro atoms. The molecule has 1 saturated carbocycles. The predicted octanol–water partition coefficient (Wildman–Crippen LogP) is 3.02. The Balaban J connectivity index is 1.51. The van der Waals surface area contributed by atoms with Gasteiger partial charge in [-0.1, -0.05) is 6.07 Å². The van der Waals surface area contributed by atoms with Crippen molar-refractivity contribution in [2.24, 2.45) is 0 Å². The molecule has 1 heterocycles. The van der Waals surface area contributed by atoms with Crippen LogP contribution in [-0.2, 0) is 5.75 Å². The zero-order chi connectivity index (χ0) is 16.1. The van der Waals surface area contributed by atoms with Gasteiger partial charge in [-0.05, 0) is 55.2 Å². The summed E-state index contributed by atoms with van der Waals surface area (Å²) in [6.45, 7) is 0.337. The molecule has 0 atom stereocenters. The molecule has 2 N–H and O–H groups in total. The van der Waals surface area contributed by atoms with Crippen LogP contribution >= 0.6 is 11.8 Å². The Labute approximate surface area is 140 Å². The molecule has 23 heavy (non-hydrogen) atoms. The molecular formula is C18H20N2O2S. The molecule has 0 radical (unpaired) electrons. The van der Waals surface area contributed by atoms with Crippen molar-refractivity contribution < 1.29 is 9.90 Å². The van der Waals surface area contributed by atoms with Gasteiger partial charge in [0.15, 0.2) is 0 Å². The molecule has 1 amide bonds. The number of amides is 1. The first kappa shape index (κ1) is 16.0. The van der Waals surface area contributed by atoms with E-state index in [0.717, 1.165) is 29.9 Å². The molecule has 0 unspecified atom stereocenters. The van der Waals surface area contributed by atoms with Crippen LogP contribution in [0.4, 0.5) is 0 Å². The fourth-order valence-corrected chi connectivity index (χ4v) is 3.29. The number of hydrogen-bond acceptors (Lipinski definition) is 4. The number of rotatable bonds is 6. The molecule has 3 rings (SSSR count). The summed E-state index contributed by atoms with van der Waals surface area (Å²) in [5.41, 5.74) is 1.11. The Morgan fingerprint density at radius 2 is 2.04 bits per heavy atom. The first-order chi connectivity index (χ1) is 11.1. The largest absolute Gasteiger partial charge is 0.388 e. The van der Waals surface area contributed by atoms with E-state index in [1.165, 1.54) is 5.56 Å². The second-order valence-electron chi connectivity index (χ2n) is 5.93. The van der Waals surface area contributed by atoms with Crippen molar-refractivity contribution >= 4 is 17.7 Å². The van der Waals surface area contributed by atoms with Crippen LogP contribution in [0.2, 0.25) is 0 Å². The van der Waals surface area contributed by atoms with E-state index in [2.05, 4.69) is 10.3 Å². The summed E-state index contributed by atoms with van der Waals surface area (Å²) < 4.78 is 0. The third kappa shape index (κ3) is 4.33. The van der Waals surface area contributed by atoms with Gasteiger partial charge >= 0.3 is 0 Å². The summed E-state index contributed by atoms with van der Waals surface area (Å²) in [5.74, 6) is 0.723. The third-order valence-corrected chi connectivity index (χ3v) is 5.19. The van der Waals surface area contributed by atoms with Gasteiger partial charge in [-0.2, -0.15) is 0 Å². The van der Waals surface area contributed by atoms with E-state index < -0.39 is 5.60 Å². The molecule has 0 bridgehead atoms. The molecule has 4 nitrogen and oxygen atoms in total. The quantitative estimate of drug-likeness (QED) is 0.800. The third-order valence-electron chi connectivity index (χ3n) is 4.11. The lowest BCUT2D eigenvalue weighted by atomic mass is 9.80. The van der Waals surface area contributed by atoms with E-state index in [0.29, 0.717) is 12.1 Å². The zero-order valence-electron chi connectivity index (χ0n) is 12.9. The van der Waals surface area contributed by atoms with Gasteiger partial charge in [0.2, 0.25) is 0 Å². The molecule has 120 valence electrons. The Hall–Kier alpha value is -1.85. The van der Waals surface area contributed by atoms with Crippen LogP contribution in [0.15, 0.2) is 53.7 Å². The molecular weight excluding hydrogens is 308 g/mol. The molecule has 0 aliphatic heterocycles. The maximum absolute atomic E-state index is 12.1. The van der Waals surface area contributed by atoms with Crippen LogP contribution < -0.4 is 5.32 Å². The molecule has 1 fully saturated rings. The maximum atomic E-state index is 12.1. The van der Waals surface area contributed by atoms with Crippen molar-refractivity contribution in [2.75, 3.05) is 6.54 Å². The highest BCUT2D eigenvalue weighted by Gasteiger charge is 2.34. The number of carbonyl (C=O) groups is 1. The van der Waals surface area contributed by atoms with Crippen molar-refractivity contribution in [2.45, 2.75) is 35.5 Å². The van der Waals surface area contributed by atoms with E-state index in [9.17, 15) is 9.90 Å². The van der Waals surface area contributed by atoms with Gasteiger partial charge < -0.3 is 10.4 Å². The summed E-state index contributed by atoms with van der Waals surface area (Å²) >= 11 is 1.71. The van der Waals surface area contributed by atoms with Gasteiger partial charge in [0.25, 0.3) is 5.91 Å². The van der Waals surface area contributed by atoms with Crippen molar-refractivity contribution in [3.8, 4) is 0 Å². The molecule has 1 aliphatic carbocycles. The number of pyridine rings is 1. The Bertz CT molecular complexity index is 654. The number of hydrogen-bond donors (Lipinski definition) is 2. The minimum atomic E-state index is -0.685. The number of benzene rings is 1. The van der Waals surface area contributed by atoms with Crippen LogP contribution in [0.5, 0.6) is 0 Å². The topological polar surface area (TPSA) is 62.2 Å². The number of aliphatic hydroxyl groups is 1. The average Bonchev–Trinajstić information content (AvgIpc) is 2.57. The molecule has 1 aliphatic rings. The summed E-state index contributed by atoms with van der Waals surface area (Å²) in [5, 5.41) is 12.8. The van der Waals surface area contributed by atoms with Crippen LogP contribution in [0.1, 0.15) is 35.2 Å². The lowest BCUT2D eigenvalue weighted by Gasteiger charge is -2.36. The Morgan fingerprint density at radius 1 is 1.26 bits per heavy atom. The normalized spacial score (nSPS) is 15.7. The van der Waals surface area contributed by atoms with Crippen molar-refractivity contribution in [3.63, 3.8) is 0 Å². The van der Waals surface area contributed by atoms with E-state index >= 15 is 0 Å². The number of nitrogens with zero attached hydrogens (tertiary/aromatic N) is 1. The predicted molar refractivity (Wildman–Crippen MR) is 91.4 cm³/mol. The Kier molecular flexibility index (Phi) is 4.98. The summed E-state index contributed by atoms with van der Waals surface area (Å²) in [6, 6.07) is 11.5. The lowest BCUT2D eigenvalue weighted by molar-refractivity contribution is -0.0300. The number of thioether (sulfide) groups is 1. The van der Waals surface area contributed by atoms with Crippen molar-refractivity contribution in [1.29, 1.82) is 0 Å². The Morgan fingerprint density at radius 3 is 2.65 bits per heavy atom. The zero-order valence-corrected chi connectivity index (χ0v) is 13.7. The van der Waals surface area contributed by atoms with E-state index in [4.69, 9.17) is 0 Å². The van der Waals surface area contributed by atoms with Crippen LogP contribution in [-0.4, -0.2) is 28.1 Å². The van der Waals surface area contributed by atoms with Crippen LogP contribution in [0.3, 0.4) is 0 Å². The number of carbonyl (C=O) groups excluding carboxylic acids is 1. The van der Waals surface area contributed by atoms with Gasteiger partial charge in [-0.25, -0.2) is 0 Å². The highest BCUT2D eigenvalue weighted by molar-refractivity contribution is 7.98. The summed E-state index contributed by atoms with van der Waals surface area (Å²) in [4.78, 5) is 17.3. The lowest BCUT2D eigenvalue weighted by Crippen LogP contribution is -2.47. The van der Waals surface area contributed by atoms with Crippen LogP contribution in [0, 0.1) is 0 Å². The van der Waals surface area contributed by atoms with Gasteiger partial charge in [0.1, 0.15) is 0 Å². The van der Waals surface area contributed by atoms with Crippen molar-refractivity contribution in [1.82, 2.24) is 10.3 Å². The average molecular weight is 328 g/mol. The highest BCUT2D eigenvalue weighted by Crippen LogP contribution is 2.30. The second-order valence-corrected chi connectivity index (χ2v) is 6.98. The van der Waals surface area contributed by atoms with E-state index in [1.807, 2.05) is 42.6 Å². The van der Waals surface area contributed by atoms with E-state index in [-0.39, 0.29) is 5.91 Å². The smallest absolute Gasteiger partial charge is 0.251 e. The molecule has 1 aromatic carbocycles. The first-order valence-electron chi connectivity index (χ1n) is 7.77. The van der Waals surface area contributed by atoms with Gasteiger partial charge in [-0.3, -0.25) is 9.78 Å². The van der Waals surface area contributed by atoms with Crippen LogP contribution in [0.25, 0.3) is 0 Å². The number of nitrogens with one attached hydrogen (secondary N) is 1. The molecule has 5 heteroatoms. The van der Waals surface area contributed by atoms with Gasteiger partial charge in [0, 0.05) is 35.2 Å². The highest BCUT2D eigenvalue weighted by atomic mass is 32.2. The maximum Gasteiger partial charge on any atom is 0.251 e. The monoisotopic (exact) mass is 328 g/mol. The standard InChI is InChI=1S/C18H20N2O2S/c21-17(20-13-18(22)8-2-9-18)15-4-6-16(7-5-15)23-12-14-3-1-10-19-11-14/h1,3-7,10-11,22H,2,8-9,12-13H2,(H,20,21). The molecule has 1 aromatic heterocycles. The summed E-state index contributed by atoms with van der Waals surface area (Å²) in [6.07, 6.45) is 6.21. The SMILES string of the molecule is O=C(NCC1(O)CCC1)c1ccc(SCc2cccnc2)cc1. The van der Waals surface area contributed by atoms with Gasteiger partial charge in [-0.15, -0.1) is 11.8 Å². The minimum absolute atomic E-state index is 0.130. The molecule has 0 saturated heterocycles. The second kappa shape index (κ2) is 7.15. The fourth-order valence-electron chi connectivity index (χ4n) is 2.46. The number of aromatic nitrogens is 1. The summed E-state index contributed by atoms with van der Waals surface area (Å²) in [7, 11) is 0. The van der Waals surface area contributed by atoms with Crippen molar-refractivity contribution in [3.05, 3.63) is 59.9 Å². The van der Waals surface area contributed by atoms with Gasteiger partial charge in [0.05, 0.1) is 5.60 Å². The van der Waals surface area contributed by atoms with E-state index in [1.54, 1.807) is 18.0 Å². The minimum Gasteiger partial charge on any atom is -0.388 e.